The lowest BCUT2D eigenvalue weighted by Gasteiger charge is -2.23. The summed E-state index contributed by atoms with van der Waals surface area (Å²) in [5, 5.41) is 0. The van der Waals surface area contributed by atoms with E-state index in [1.165, 1.54) is 0 Å². The predicted molar refractivity (Wildman–Crippen MR) is 183 cm³/mol. The minimum absolute atomic E-state index is 0.222. The first kappa shape index (κ1) is 31.4. The quantitative estimate of drug-likeness (QED) is 0.137. The summed E-state index contributed by atoms with van der Waals surface area (Å²) in [4.78, 5) is 0. The van der Waals surface area contributed by atoms with Crippen molar-refractivity contribution in [3.8, 4) is 39.9 Å². The number of para-hydroxylation sites is 3. The molecule has 5 aromatic carbocycles. The molecule has 0 saturated carbocycles. The molecule has 0 N–H and O–H groups in total. The molecule has 0 aromatic heterocycles. The van der Waals surface area contributed by atoms with Crippen LogP contribution in [0.4, 0.5) is 0 Å². The monoisotopic (exact) mass is 624 g/mol. The first-order chi connectivity index (χ1) is 21.2. The Morgan fingerprint density at radius 2 is 0.864 bits per heavy atom. The van der Waals surface area contributed by atoms with E-state index in [0.717, 1.165) is 61.6 Å². The summed E-state index contributed by atoms with van der Waals surface area (Å²) in [6.07, 6.45) is 0. The third kappa shape index (κ3) is 7.53. The summed E-state index contributed by atoms with van der Waals surface area (Å²) in [7, 11) is -2.11. The molecule has 1 atom stereocenters. The highest BCUT2D eigenvalue weighted by Crippen LogP contribution is 2.50. The maximum absolute atomic E-state index is 6.76. The number of benzene rings is 5. The van der Waals surface area contributed by atoms with Gasteiger partial charge in [-0.15, -0.1) is 0 Å². The fourth-order valence-corrected chi connectivity index (χ4v) is 6.90. The Kier molecular flexibility index (Phi) is 10.1. The van der Waals surface area contributed by atoms with Crippen LogP contribution in [-0.2, 0) is 0 Å². The van der Waals surface area contributed by atoms with Crippen LogP contribution in [0.15, 0.2) is 97.1 Å². The van der Waals surface area contributed by atoms with Gasteiger partial charge in [0.15, 0.2) is 0 Å². The van der Waals surface area contributed by atoms with Crippen LogP contribution in [0.25, 0.3) is 11.1 Å². The van der Waals surface area contributed by atoms with E-state index >= 15 is 0 Å². The average molecular weight is 625 g/mol. The van der Waals surface area contributed by atoms with Crippen LogP contribution in [0, 0.1) is 48.5 Å². The standard InChI is InChI=1S/C37H38O5P2/c1-24-20-29(6)36(39-43-38-33-17-11-8-14-26(33)3)31(22-24)32-23-25(2)21-30(7)37(32)42-44(40-34-18-12-9-15-27(34)4)41-35-19-13-10-16-28(35)5/h8-23,43H,1-7H3. The Balaban J connectivity index is 1.54. The molecular formula is C37H38O5P2. The fraction of sp³-hybridized carbons (Fsp3) is 0.189. The van der Waals surface area contributed by atoms with Gasteiger partial charge in [-0.1, -0.05) is 66.7 Å². The smallest absolute Gasteiger partial charge is 0.440 e. The largest absolute Gasteiger partial charge is 0.530 e. The van der Waals surface area contributed by atoms with E-state index in [2.05, 4.69) is 45.0 Å². The highest BCUT2D eigenvalue weighted by atomic mass is 31.2. The van der Waals surface area contributed by atoms with Gasteiger partial charge in [-0.25, -0.2) is 0 Å². The molecule has 0 spiro atoms. The molecule has 0 fully saturated rings. The van der Waals surface area contributed by atoms with Crippen molar-refractivity contribution in [2.75, 3.05) is 0 Å². The summed E-state index contributed by atoms with van der Waals surface area (Å²) < 4.78 is 32.1. The Bertz CT molecular complexity index is 1720. The highest BCUT2D eigenvalue weighted by molar-refractivity contribution is 7.43. The molecule has 0 heterocycles. The average Bonchev–Trinajstić information content (AvgIpc) is 2.98. The van der Waals surface area contributed by atoms with Gasteiger partial charge in [-0.2, -0.15) is 0 Å². The molecule has 5 aromatic rings. The molecule has 226 valence electrons. The molecule has 5 nitrogen and oxygen atoms in total. The maximum Gasteiger partial charge on any atom is 0.530 e. The van der Waals surface area contributed by atoms with Gasteiger partial charge in [0.1, 0.15) is 28.7 Å². The predicted octanol–water partition coefficient (Wildman–Crippen LogP) is 11.2. The SMILES string of the molecule is Cc1cc(C)c(OPOc2ccccc2C)c(-c2cc(C)cc(C)c2OP(Oc2ccccc2C)Oc2ccccc2C)c1. The second kappa shape index (κ2) is 14.2. The van der Waals surface area contributed by atoms with Crippen LogP contribution in [0.1, 0.15) is 38.9 Å². The van der Waals surface area contributed by atoms with Crippen molar-refractivity contribution in [1.82, 2.24) is 0 Å². The number of hydrogen-bond acceptors (Lipinski definition) is 5. The minimum Gasteiger partial charge on any atom is -0.440 e. The first-order valence-electron chi connectivity index (χ1n) is 14.5. The third-order valence-electron chi connectivity index (χ3n) is 7.22. The van der Waals surface area contributed by atoms with Crippen molar-refractivity contribution >= 4 is 17.6 Å². The summed E-state index contributed by atoms with van der Waals surface area (Å²) in [5.41, 5.74) is 9.09. The van der Waals surface area contributed by atoms with E-state index in [1.807, 2.05) is 100 Å². The zero-order chi connectivity index (χ0) is 31.2. The second-order valence-corrected chi connectivity index (χ2v) is 12.6. The highest BCUT2D eigenvalue weighted by Gasteiger charge is 2.26. The fourth-order valence-electron chi connectivity index (χ4n) is 4.95. The van der Waals surface area contributed by atoms with E-state index in [-0.39, 0.29) is 9.03 Å². The topological polar surface area (TPSA) is 46.2 Å². The number of rotatable bonds is 11. The van der Waals surface area contributed by atoms with Crippen molar-refractivity contribution in [3.05, 3.63) is 136 Å². The van der Waals surface area contributed by atoms with Crippen LogP contribution in [0.3, 0.4) is 0 Å². The summed E-state index contributed by atoms with van der Waals surface area (Å²) >= 11 is 0. The second-order valence-electron chi connectivity index (χ2n) is 11.0. The van der Waals surface area contributed by atoms with Crippen LogP contribution < -0.4 is 22.6 Å². The van der Waals surface area contributed by atoms with Crippen molar-refractivity contribution in [2.45, 2.75) is 48.5 Å². The molecule has 7 heteroatoms. The van der Waals surface area contributed by atoms with E-state index in [0.29, 0.717) is 17.2 Å². The van der Waals surface area contributed by atoms with Gasteiger partial charge in [-0.3, -0.25) is 0 Å². The molecule has 0 aliphatic rings. The molecule has 1 unspecified atom stereocenters. The van der Waals surface area contributed by atoms with Crippen molar-refractivity contribution in [1.29, 1.82) is 0 Å². The normalized spacial score (nSPS) is 11.2. The summed E-state index contributed by atoms with van der Waals surface area (Å²) in [6, 6.07) is 32.2. The Labute approximate surface area is 264 Å². The molecule has 0 radical (unpaired) electrons. The lowest BCUT2D eigenvalue weighted by molar-refractivity contribution is 0.385. The minimum atomic E-state index is -1.89. The van der Waals surface area contributed by atoms with Crippen LogP contribution in [0.5, 0.6) is 28.7 Å². The summed E-state index contributed by atoms with van der Waals surface area (Å²) in [5.74, 6) is 3.66. The molecule has 0 aliphatic carbocycles. The van der Waals surface area contributed by atoms with Crippen molar-refractivity contribution < 1.29 is 22.6 Å². The molecule has 0 saturated heterocycles. The molecule has 5 rings (SSSR count). The lowest BCUT2D eigenvalue weighted by atomic mass is 9.95. The van der Waals surface area contributed by atoms with Crippen molar-refractivity contribution in [2.24, 2.45) is 0 Å². The Morgan fingerprint density at radius 1 is 0.432 bits per heavy atom. The van der Waals surface area contributed by atoms with E-state index in [4.69, 9.17) is 22.6 Å². The molecule has 0 amide bonds. The van der Waals surface area contributed by atoms with Gasteiger partial charge in [0.05, 0.1) is 0 Å². The Morgan fingerprint density at radius 3 is 1.36 bits per heavy atom. The molecule has 44 heavy (non-hydrogen) atoms. The Hall–Kier alpha value is -4.04. The molecular weight excluding hydrogens is 586 g/mol. The van der Waals surface area contributed by atoms with Crippen LogP contribution in [-0.4, -0.2) is 0 Å². The van der Waals surface area contributed by atoms with Gasteiger partial charge in [0, 0.05) is 11.1 Å². The molecule has 0 aliphatic heterocycles. The van der Waals surface area contributed by atoms with Gasteiger partial charge in [0.25, 0.3) is 9.03 Å². The van der Waals surface area contributed by atoms with E-state index in [9.17, 15) is 0 Å². The third-order valence-corrected chi connectivity index (χ3v) is 8.83. The van der Waals surface area contributed by atoms with Crippen LogP contribution in [0.2, 0.25) is 0 Å². The number of hydrogen-bond donors (Lipinski definition) is 0. The van der Waals surface area contributed by atoms with Gasteiger partial charge < -0.3 is 22.6 Å². The zero-order valence-electron chi connectivity index (χ0n) is 26.2. The van der Waals surface area contributed by atoms with Crippen molar-refractivity contribution in [3.63, 3.8) is 0 Å². The summed E-state index contributed by atoms with van der Waals surface area (Å²) in [6.45, 7) is 14.3. The zero-order valence-corrected chi connectivity index (χ0v) is 28.1. The van der Waals surface area contributed by atoms with Crippen LogP contribution >= 0.6 is 17.6 Å². The lowest BCUT2D eigenvalue weighted by Crippen LogP contribution is -2.06. The molecule has 0 bridgehead atoms. The van der Waals surface area contributed by atoms with E-state index in [1.54, 1.807) is 0 Å². The van der Waals surface area contributed by atoms with Gasteiger partial charge >= 0.3 is 8.60 Å². The first-order valence-corrected chi connectivity index (χ1v) is 16.4. The van der Waals surface area contributed by atoms with E-state index < -0.39 is 8.60 Å². The number of aryl methyl sites for hydroxylation is 7. The maximum atomic E-state index is 6.76. The van der Waals surface area contributed by atoms with Gasteiger partial charge in [0.2, 0.25) is 0 Å². The van der Waals surface area contributed by atoms with Gasteiger partial charge in [-0.05, 0) is 118 Å².